The first kappa shape index (κ1) is 16.6. The number of amides is 1. The van der Waals surface area contributed by atoms with Crippen LogP contribution in [0.4, 0.5) is 10.5 Å². The molecule has 22 heavy (non-hydrogen) atoms. The lowest BCUT2D eigenvalue weighted by Crippen LogP contribution is -2.41. The van der Waals surface area contributed by atoms with Crippen molar-refractivity contribution < 1.29 is 23.8 Å². The van der Waals surface area contributed by atoms with E-state index in [4.69, 9.17) is 14.2 Å². The van der Waals surface area contributed by atoms with Crippen LogP contribution in [0.25, 0.3) is 0 Å². The van der Waals surface area contributed by atoms with Gasteiger partial charge in [0.15, 0.2) is 5.75 Å². The van der Waals surface area contributed by atoms with E-state index in [1.807, 2.05) is 0 Å². The van der Waals surface area contributed by atoms with Crippen molar-refractivity contribution in [2.24, 2.45) is 0 Å². The van der Waals surface area contributed by atoms with Gasteiger partial charge in [0.2, 0.25) is 0 Å². The Morgan fingerprint density at radius 1 is 1.32 bits per heavy atom. The summed E-state index contributed by atoms with van der Waals surface area (Å²) in [5, 5.41) is 0. The van der Waals surface area contributed by atoms with Crippen molar-refractivity contribution in [3.63, 3.8) is 0 Å². The zero-order valence-electron chi connectivity index (χ0n) is 12.9. The van der Waals surface area contributed by atoms with Crippen molar-refractivity contribution in [3.8, 4) is 11.5 Å². The maximum Gasteiger partial charge on any atom is 0.415 e. The van der Waals surface area contributed by atoms with E-state index in [1.54, 1.807) is 32.9 Å². The van der Waals surface area contributed by atoms with Crippen molar-refractivity contribution in [1.29, 1.82) is 0 Å². The first-order chi connectivity index (χ1) is 10.2. The SMILES string of the molecule is CC(=O)Oc1cc(Br)cc2c1N(C(=O)OC(C)(C)C)CCO2. The number of rotatable bonds is 1. The molecule has 0 saturated carbocycles. The van der Waals surface area contributed by atoms with Crippen LogP contribution < -0.4 is 14.4 Å². The monoisotopic (exact) mass is 371 g/mol. The quantitative estimate of drug-likeness (QED) is 0.558. The van der Waals surface area contributed by atoms with Crippen LogP contribution in [0.2, 0.25) is 0 Å². The molecule has 0 unspecified atom stereocenters. The maximum atomic E-state index is 12.4. The molecule has 0 saturated heterocycles. The van der Waals surface area contributed by atoms with Crippen LogP contribution in [0.5, 0.6) is 11.5 Å². The molecular weight excluding hydrogens is 354 g/mol. The summed E-state index contributed by atoms with van der Waals surface area (Å²) >= 11 is 3.33. The van der Waals surface area contributed by atoms with Gasteiger partial charge in [-0.15, -0.1) is 0 Å². The Balaban J connectivity index is 2.43. The fourth-order valence-corrected chi connectivity index (χ4v) is 2.43. The number of carbonyl (C=O) groups is 2. The molecule has 0 spiro atoms. The number of ether oxygens (including phenoxy) is 3. The Morgan fingerprint density at radius 3 is 2.59 bits per heavy atom. The van der Waals surface area contributed by atoms with Crippen LogP contribution in [0.1, 0.15) is 27.7 Å². The largest absolute Gasteiger partial charge is 0.489 e. The summed E-state index contributed by atoms with van der Waals surface area (Å²) in [7, 11) is 0. The van der Waals surface area contributed by atoms with Gasteiger partial charge in [-0.05, 0) is 32.9 Å². The van der Waals surface area contributed by atoms with E-state index in [1.165, 1.54) is 11.8 Å². The number of anilines is 1. The van der Waals surface area contributed by atoms with Crippen molar-refractivity contribution in [2.45, 2.75) is 33.3 Å². The van der Waals surface area contributed by atoms with Crippen LogP contribution in [-0.2, 0) is 9.53 Å². The summed E-state index contributed by atoms with van der Waals surface area (Å²) in [6.45, 7) is 7.33. The molecule has 1 aliphatic rings. The van der Waals surface area contributed by atoms with Gasteiger partial charge in [-0.25, -0.2) is 4.79 Å². The van der Waals surface area contributed by atoms with E-state index in [9.17, 15) is 9.59 Å². The number of carbonyl (C=O) groups excluding carboxylic acids is 2. The van der Waals surface area contributed by atoms with Crippen molar-refractivity contribution in [3.05, 3.63) is 16.6 Å². The van der Waals surface area contributed by atoms with Gasteiger partial charge in [0, 0.05) is 11.4 Å². The van der Waals surface area contributed by atoms with Crippen molar-refractivity contribution in [2.75, 3.05) is 18.1 Å². The Morgan fingerprint density at radius 2 is 2.00 bits per heavy atom. The number of benzene rings is 1. The molecule has 7 heteroatoms. The number of hydrogen-bond acceptors (Lipinski definition) is 5. The highest BCUT2D eigenvalue weighted by Gasteiger charge is 2.31. The summed E-state index contributed by atoms with van der Waals surface area (Å²) < 4.78 is 16.9. The molecule has 1 heterocycles. The Hall–Kier alpha value is -1.76. The van der Waals surface area contributed by atoms with E-state index < -0.39 is 17.7 Å². The zero-order valence-corrected chi connectivity index (χ0v) is 14.5. The topological polar surface area (TPSA) is 65.1 Å². The molecular formula is C15H18BrNO5. The summed E-state index contributed by atoms with van der Waals surface area (Å²) in [6, 6.07) is 3.34. The summed E-state index contributed by atoms with van der Waals surface area (Å²) in [6.07, 6.45) is -0.507. The fraction of sp³-hybridized carbons (Fsp3) is 0.467. The second kappa shape index (κ2) is 6.16. The standard InChI is InChI=1S/C15H18BrNO5/c1-9(18)21-12-8-10(16)7-11-13(12)17(5-6-20-11)14(19)22-15(2,3)4/h7-8H,5-6H2,1-4H3. The minimum absolute atomic E-state index is 0.252. The average Bonchev–Trinajstić information content (AvgIpc) is 2.34. The summed E-state index contributed by atoms with van der Waals surface area (Å²) in [5.41, 5.74) is -0.217. The Labute approximate surface area is 137 Å². The molecule has 1 amide bonds. The third-order valence-corrected chi connectivity index (χ3v) is 3.17. The van der Waals surface area contributed by atoms with Crippen LogP contribution in [-0.4, -0.2) is 30.8 Å². The Kier molecular flexibility index (Phi) is 4.65. The van der Waals surface area contributed by atoms with Gasteiger partial charge in [-0.2, -0.15) is 0 Å². The maximum absolute atomic E-state index is 12.4. The van der Waals surface area contributed by atoms with E-state index in [0.717, 1.165) is 0 Å². The highest BCUT2D eigenvalue weighted by Crippen LogP contribution is 2.43. The summed E-state index contributed by atoms with van der Waals surface area (Å²) in [4.78, 5) is 25.1. The highest BCUT2D eigenvalue weighted by atomic mass is 79.9. The number of nitrogens with zero attached hydrogens (tertiary/aromatic N) is 1. The van der Waals surface area contributed by atoms with Crippen LogP contribution in [0.3, 0.4) is 0 Å². The minimum atomic E-state index is -0.619. The van der Waals surface area contributed by atoms with Gasteiger partial charge in [0.05, 0.1) is 6.54 Å². The van der Waals surface area contributed by atoms with Gasteiger partial charge in [-0.1, -0.05) is 15.9 Å². The predicted molar refractivity (Wildman–Crippen MR) is 84.5 cm³/mol. The molecule has 120 valence electrons. The van der Waals surface area contributed by atoms with Crippen LogP contribution in [0, 0.1) is 0 Å². The lowest BCUT2D eigenvalue weighted by molar-refractivity contribution is -0.131. The smallest absolute Gasteiger partial charge is 0.415 e. The lowest BCUT2D eigenvalue weighted by atomic mass is 10.2. The molecule has 1 aromatic carbocycles. The molecule has 0 aliphatic carbocycles. The van der Waals surface area contributed by atoms with E-state index >= 15 is 0 Å². The first-order valence-corrected chi connectivity index (χ1v) is 7.62. The van der Waals surface area contributed by atoms with Crippen LogP contribution in [0.15, 0.2) is 16.6 Å². The van der Waals surface area contributed by atoms with Crippen molar-refractivity contribution >= 4 is 33.7 Å². The first-order valence-electron chi connectivity index (χ1n) is 6.82. The highest BCUT2D eigenvalue weighted by molar-refractivity contribution is 9.10. The van der Waals surface area contributed by atoms with Gasteiger partial charge in [-0.3, -0.25) is 9.69 Å². The molecule has 2 rings (SSSR count). The van der Waals surface area contributed by atoms with Crippen molar-refractivity contribution in [1.82, 2.24) is 0 Å². The van der Waals surface area contributed by atoms with Gasteiger partial charge >= 0.3 is 12.1 Å². The van der Waals surface area contributed by atoms with Gasteiger partial charge in [0.1, 0.15) is 23.6 Å². The lowest BCUT2D eigenvalue weighted by Gasteiger charge is -2.32. The van der Waals surface area contributed by atoms with Gasteiger partial charge < -0.3 is 14.2 Å². The molecule has 0 radical (unpaired) electrons. The third-order valence-electron chi connectivity index (χ3n) is 2.71. The average molecular weight is 372 g/mol. The molecule has 1 aromatic rings. The summed E-state index contributed by atoms with van der Waals surface area (Å²) in [5.74, 6) is 0.236. The molecule has 0 fully saturated rings. The second-order valence-electron chi connectivity index (χ2n) is 5.82. The molecule has 0 bridgehead atoms. The second-order valence-corrected chi connectivity index (χ2v) is 6.74. The van der Waals surface area contributed by atoms with E-state index in [-0.39, 0.29) is 5.75 Å². The zero-order chi connectivity index (χ0) is 16.5. The fourth-order valence-electron chi connectivity index (χ4n) is 2.02. The third kappa shape index (κ3) is 3.91. The number of esters is 1. The predicted octanol–water partition coefficient (Wildman–Crippen LogP) is 3.51. The number of hydrogen-bond donors (Lipinski definition) is 0. The molecule has 1 aliphatic heterocycles. The number of halogens is 1. The normalized spacial score (nSPS) is 14.0. The molecule has 0 N–H and O–H groups in total. The number of fused-ring (bicyclic) bond motifs is 1. The molecule has 6 nitrogen and oxygen atoms in total. The van der Waals surface area contributed by atoms with Gasteiger partial charge in [0.25, 0.3) is 0 Å². The molecule has 0 aromatic heterocycles. The molecule has 0 atom stereocenters. The van der Waals surface area contributed by atoms with Crippen LogP contribution >= 0.6 is 15.9 Å². The van der Waals surface area contributed by atoms with E-state index in [2.05, 4.69) is 15.9 Å². The minimum Gasteiger partial charge on any atom is -0.489 e. The van der Waals surface area contributed by atoms with E-state index in [0.29, 0.717) is 29.1 Å². The Bertz CT molecular complexity index is 609.